The van der Waals surface area contributed by atoms with Crippen molar-refractivity contribution in [1.29, 1.82) is 0 Å². The van der Waals surface area contributed by atoms with E-state index in [9.17, 15) is 4.79 Å². The highest BCUT2D eigenvalue weighted by Crippen LogP contribution is 2.10. The number of hydrogen-bond acceptors (Lipinski definition) is 3. The molecule has 0 radical (unpaired) electrons. The summed E-state index contributed by atoms with van der Waals surface area (Å²) in [6.45, 7) is 3.75. The molecule has 1 saturated heterocycles. The van der Waals surface area contributed by atoms with Crippen LogP contribution < -0.4 is 5.32 Å². The van der Waals surface area contributed by atoms with Crippen molar-refractivity contribution in [3.05, 3.63) is 22.4 Å². The predicted molar refractivity (Wildman–Crippen MR) is 66.7 cm³/mol. The van der Waals surface area contributed by atoms with Crippen molar-refractivity contribution in [2.45, 2.75) is 19.3 Å². The molecule has 0 saturated carbocycles. The summed E-state index contributed by atoms with van der Waals surface area (Å²) in [5, 5.41) is 7.50. The van der Waals surface area contributed by atoms with Gasteiger partial charge in [0.25, 0.3) is 0 Å². The zero-order chi connectivity index (χ0) is 11.2. The van der Waals surface area contributed by atoms with Gasteiger partial charge in [-0.15, -0.1) is 0 Å². The second kappa shape index (κ2) is 6.01. The van der Waals surface area contributed by atoms with E-state index < -0.39 is 0 Å². The molecule has 0 atom stereocenters. The molecule has 0 unspecified atom stereocenters. The van der Waals surface area contributed by atoms with E-state index in [0.717, 1.165) is 39.0 Å². The van der Waals surface area contributed by atoms with E-state index in [1.54, 1.807) is 11.3 Å². The third kappa shape index (κ3) is 3.32. The van der Waals surface area contributed by atoms with Gasteiger partial charge in [-0.3, -0.25) is 4.79 Å². The van der Waals surface area contributed by atoms with Crippen LogP contribution in [-0.2, 0) is 11.2 Å². The first kappa shape index (κ1) is 11.6. The molecule has 1 fully saturated rings. The fourth-order valence-electron chi connectivity index (χ4n) is 1.94. The molecule has 0 spiro atoms. The minimum Gasteiger partial charge on any atom is -0.341 e. The lowest BCUT2D eigenvalue weighted by Gasteiger charge is -2.19. The summed E-state index contributed by atoms with van der Waals surface area (Å²) < 4.78 is 0. The number of nitrogens with zero attached hydrogens (tertiary/aromatic N) is 1. The quantitative estimate of drug-likeness (QED) is 0.865. The minimum atomic E-state index is 0.301. The third-order valence-electron chi connectivity index (χ3n) is 2.90. The van der Waals surface area contributed by atoms with Gasteiger partial charge in [-0.1, -0.05) is 0 Å². The highest BCUT2D eigenvalue weighted by Gasteiger charge is 2.14. The fourth-order valence-corrected chi connectivity index (χ4v) is 2.64. The molecule has 88 valence electrons. The second-order valence-electron chi connectivity index (χ2n) is 4.12. The minimum absolute atomic E-state index is 0.301. The van der Waals surface area contributed by atoms with Gasteiger partial charge in [0.05, 0.1) is 0 Å². The van der Waals surface area contributed by atoms with Gasteiger partial charge in [0.2, 0.25) is 5.91 Å². The highest BCUT2D eigenvalue weighted by molar-refractivity contribution is 7.07. The third-order valence-corrected chi connectivity index (χ3v) is 3.63. The molecule has 3 nitrogen and oxygen atoms in total. The molecule has 4 heteroatoms. The van der Waals surface area contributed by atoms with Crippen molar-refractivity contribution in [3.63, 3.8) is 0 Å². The Morgan fingerprint density at radius 3 is 3.19 bits per heavy atom. The molecular formula is C12H18N2OS. The van der Waals surface area contributed by atoms with Gasteiger partial charge in [0.15, 0.2) is 0 Å². The number of rotatable bonds is 3. The van der Waals surface area contributed by atoms with Crippen molar-refractivity contribution in [1.82, 2.24) is 10.2 Å². The van der Waals surface area contributed by atoms with Crippen LogP contribution in [-0.4, -0.2) is 37.0 Å². The Bertz CT molecular complexity index is 316. The van der Waals surface area contributed by atoms with Crippen molar-refractivity contribution < 1.29 is 4.79 Å². The molecule has 16 heavy (non-hydrogen) atoms. The number of amides is 1. The Hall–Kier alpha value is -0.870. The molecule has 1 amide bonds. The molecule has 2 rings (SSSR count). The topological polar surface area (TPSA) is 32.3 Å². The first-order valence-electron chi connectivity index (χ1n) is 5.86. The van der Waals surface area contributed by atoms with E-state index >= 15 is 0 Å². The second-order valence-corrected chi connectivity index (χ2v) is 4.90. The van der Waals surface area contributed by atoms with Gasteiger partial charge in [-0.25, -0.2) is 0 Å². The van der Waals surface area contributed by atoms with Crippen LogP contribution in [0.1, 0.15) is 18.4 Å². The first-order chi connectivity index (χ1) is 7.86. The molecule has 1 aliphatic heterocycles. The van der Waals surface area contributed by atoms with Crippen LogP contribution in [0.15, 0.2) is 16.8 Å². The van der Waals surface area contributed by atoms with Gasteiger partial charge >= 0.3 is 0 Å². The van der Waals surface area contributed by atoms with E-state index in [2.05, 4.69) is 22.1 Å². The Balaban J connectivity index is 1.78. The highest BCUT2D eigenvalue weighted by atomic mass is 32.1. The Labute approximate surface area is 100 Å². The summed E-state index contributed by atoms with van der Waals surface area (Å²) in [6.07, 6.45) is 2.60. The van der Waals surface area contributed by atoms with E-state index in [4.69, 9.17) is 0 Å². The summed E-state index contributed by atoms with van der Waals surface area (Å²) in [4.78, 5) is 13.9. The SMILES string of the molecule is O=C(CCc1ccsc1)N1CCCNCC1. The van der Waals surface area contributed by atoms with E-state index in [1.807, 2.05) is 4.90 Å². The van der Waals surface area contributed by atoms with Crippen LogP contribution in [0.3, 0.4) is 0 Å². The molecule has 1 N–H and O–H groups in total. The Kier molecular flexibility index (Phi) is 4.36. The molecule has 1 aromatic heterocycles. The van der Waals surface area contributed by atoms with Crippen molar-refractivity contribution in [3.8, 4) is 0 Å². The number of nitrogens with one attached hydrogen (secondary N) is 1. The smallest absolute Gasteiger partial charge is 0.222 e. The van der Waals surface area contributed by atoms with Crippen LogP contribution in [0, 0.1) is 0 Å². The number of thiophene rings is 1. The summed E-state index contributed by atoms with van der Waals surface area (Å²) in [5.41, 5.74) is 1.28. The monoisotopic (exact) mass is 238 g/mol. The van der Waals surface area contributed by atoms with Crippen LogP contribution in [0.4, 0.5) is 0 Å². The van der Waals surface area contributed by atoms with Gasteiger partial charge in [0, 0.05) is 26.1 Å². The van der Waals surface area contributed by atoms with Crippen LogP contribution in [0.2, 0.25) is 0 Å². The van der Waals surface area contributed by atoms with Gasteiger partial charge in [-0.2, -0.15) is 11.3 Å². The number of carbonyl (C=O) groups is 1. The lowest BCUT2D eigenvalue weighted by Crippen LogP contribution is -2.34. The van der Waals surface area contributed by atoms with Gasteiger partial charge in [0.1, 0.15) is 0 Å². The summed E-state index contributed by atoms with van der Waals surface area (Å²) in [6, 6.07) is 2.10. The maximum Gasteiger partial charge on any atom is 0.222 e. The number of aryl methyl sites for hydroxylation is 1. The Morgan fingerprint density at radius 2 is 2.38 bits per heavy atom. The maximum absolute atomic E-state index is 11.9. The number of hydrogen-bond donors (Lipinski definition) is 1. The molecule has 1 aromatic rings. The first-order valence-corrected chi connectivity index (χ1v) is 6.80. The summed E-state index contributed by atoms with van der Waals surface area (Å²) in [7, 11) is 0. The van der Waals surface area contributed by atoms with Crippen LogP contribution in [0.25, 0.3) is 0 Å². The Morgan fingerprint density at radius 1 is 1.44 bits per heavy atom. The lowest BCUT2D eigenvalue weighted by atomic mass is 10.2. The predicted octanol–water partition coefficient (Wildman–Crippen LogP) is 1.50. The summed E-state index contributed by atoms with van der Waals surface area (Å²) in [5.74, 6) is 0.301. The average molecular weight is 238 g/mol. The van der Waals surface area contributed by atoms with Crippen LogP contribution >= 0.6 is 11.3 Å². The molecule has 0 bridgehead atoms. The van der Waals surface area contributed by atoms with Crippen LogP contribution in [0.5, 0.6) is 0 Å². The van der Waals surface area contributed by atoms with Crippen molar-refractivity contribution in [2.75, 3.05) is 26.2 Å². The normalized spacial score (nSPS) is 17.1. The van der Waals surface area contributed by atoms with Gasteiger partial charge < -0.3 is 10.2 Å². The maximum atomic E-state index is 11.9. The van der Waals surface area contributed by atoms with Gasteiger partial charge in [-0.05, 0) is 41.8 Å². The molecular weight excluding hydrogens is 220 g/mol. The molecule has 2 heterocycles. The van der Waals surface area contributed by atoms with E-state index in [-0.39, 0.29) is 0 Å². The fraction of sp³-hybridized carbons (Fsp3) is 0.583. The standard InChI is InChI=1S/C12H18N2OS/c15-12(3-2-11-4-9-16-10-11)14-7-1-5-13-6-8-14/h4,9-10,13H,1-3,5-8H2. The average Bonchev–Trinajstić information content (AvgIpc) is 2.66. The molecule has 0 aromatic carbocycles. The largest absolute Gasteiger partial charge is 0.341 e. The zero-order valence-electron chi connectivity index (χ0n) is 9.45. The van der Waals surface area contributed by atoms with E-state index in [1.165, 1.54) is 5.56 Å². The van der Waals surface area contributed by atoms with E-state index in [0.29, 0.717) is 12.3 Å². The van der Waals surface area contributed by atoms with Crippen molar-refractivity contribution in [2.24, 2.45) is 0 Å². The zero-order valence-corrected chi connectivity index (χ0v) is 10.3. The number of carbonyl (C=O) groups excluding carboxylic acids is 1. The van der Waals surface area contributed by atoms with Crippen molar-refractivity contribution >= 4 is 17.2 Å². The molecule has 1 aliphatic rings. The lowest BCUT2D eigenvalue weighted by molar-refractivity contribution is -0.130. The molecule has 0 aliphatic carbocycles. The summed E-state index contributed by atoms with van der Waals surface area (Å²) >= 11 is 1.70.